The van der Waals surface area contributed by atoms with Crippen LogP contribution in [0.2, 0.25) is 0 Å². The van der Waals surface area contributed by atoms with Crippen LogP contribution < -0.4 is 51.4 Å². The molecule has 0 fully saturated rings. The molecule has 5 heteroatoms. The number of carbonyl (C=O) groups is 2. The van der Waals surface area contributed by atoms with Gasteiger partial charge < -0.3 is 11.6 Å². The van der Waals surface area contributed by atoms with Crippen molar-refractivity contribution in [2.75, 3.05) is 0 Å². The van der Waals surface area contributed by atoms with E-state index >= 15 is 0 Å². The molecule has 0 atom stereocenters. The third kappa shape index (κ3) is 24.0. The van der Waals surface area contributed by atoms with E-state index in [1.807, 2.05) is 0 Å². The Hall–Kier alpha value is 0.0564. The molecule has 0 aliphatic rings. The minimum Gasteiger partial charge on any atom is -1.00 e. The van der Waals surface area contributed by atoms with E-state index in [1.165, 1.54) is 11.1 Å². The van der Waals surface area contributed by atoms with Crippen LogP contribution in [0, 0.1) is 0 Å². The van der Waals surface area contributed by atoms with Crippen molar-refractivity contribution < 1.29 is 72.6 Å². The number of carboxylic acid groups (broad SMARTS) is 2. The summed E-state index contributed by atoms with van der Waals surface area (Å²) < 4.78 is 0. The molecule has 0 saturated heterocycles. The summed E-state index contributed by atoms with van der Waals surface area (Å²) in [5.74, 6) is -1.38. The Morgan fingerprint density at radius 1 is 0.630 bits per heavy atom. The fraction of sp³-hybridized carbons (Fsp3) is 0.727. The molecule has 2 N–H and O–H groups in total. The Morgan fingerprint density at radius 2 is 0.963 bits per heavy atom. The number of hydrogen-bond acceptors (Lipinski definition) is 2. The van der Waals surface area contributed by atoms with Crippen LogP contribution in [0.25, 0.3) is 0 Å². The second-order valence-electron chi connectivity index (χ2n) is 7.29. The first-order valence-corrected chi connectivity index (χ1v) is 10.2. The van der Waals surface area contributed by atoms with Gasteiger partial charge in [0.25, 0.3) is 0 Å². The zero-order chi connectivity index (χ0) is 19.6. The zero-order valence-corrected chi connectivity index (χ0v) is 20.9. The Balaban J connectivity index is -0.00000312. The Kier molecular flexibility index (Phi) is 22.5. The van der Waals surface area contributed by atoms with E-state index in [0.29, 0.717) is 12.8 Å². The van der Waals surface area contributed by atoms with Crippen LogP contribution in [0.5, 0.6) is 0 Å². The molecule has 0 aliphatic heterocycles. The maximum Gasteiger partial charge on any atom is 1.00 e. The predicted molar refractivity (Wildman–Crippen MR) is 109 cm³/mol. The number of unbranched alkanes of at least 4 members (excludes halogenated alkanes) is 8. The number of aliphatic carboxylic acids is 2. The van der Waals surface area contributed by atoms with Gasteiger partial charge in [-0.05, 0) is 65.2 Å². The number of carboxylic acids is 2. The van der Waals surface area contributed by atoms with Crippen molar-refractivity contribution >= 4 is 11.9 Å². The normalized spacial score (nSPS) is 11.9. The average Bonchev–Trinajstić information content (AvgIpc) is 2.57. The summed E-state index contributed by atoms with van der Waals surface area (Å²) in [5.41, 5.74) is 2.88. The molecule has 0 aromatic heterocycles. The minimum atomic E-state index is -0.692. The van der Waals surface area contributed by atoms with Crippen molar-refractivity contribution in [1.82, 2.24) is 0 Å². The van der Waals surface area contributed by atoms with Crippen molar-refractivity contribution in [3.63, 3.8) is 0 Å². The molecule has 0 bridgehead atoms. The average molecular weight is 407 g/mol. The summed E-state index contributed by atoms with van der Waals surface area (Å²) in [4.78, 5) is 20.8. The van der Waals surface area contributed by atoms with Crippen LogP contribution in [-0.4, -0.2) is 22.2 Å². The molecular formula is C22H39KO4. The van der Waals surface area contributed by atoms with Gasteiger partial charge >= 0.3 is 63.3 Å². The molecule has 0 unspecified atom stereocenters. The molecule has 0 aromatic carbocycles. The largest absolute Gasteiger partial charge is 1.00 e. The van der Waals surface area contributed by atoms with E-state index < -0.39 is 11.9 Å². The first kappa shape index (κ1) is 29.3. The minimum absolute atomic E-state index is 0. The van der Waals surface area contributed by atoms with Crippen LogP contribution in [0.4, 0.5) is 0 Å². The number of allylic oxidation sites excluding steroid dienone is 4. The zero-order valence-electron chi connectivity index (χ0n) is 18.8. The van der Waals surface area contributed by atoms with Crippen LogP contribution in [0.15, 0.2) is 23.3 Å². The Bertz CT molecular complexity index is 419. The molecule has 152 valence electrons. The van der Waals surface area contributed by atoms with Gasteiger partial charge in [-0.25, -0.2) is 0 Å². The summed E-state index contributed by atoms with van der Waals surface area (Å²) in [6.45, 7) is 4.39. The third-order valence-corrected chi connectivity index (χ3v) is 4.59. The predicted octanol–water partition coefficient (Wildman–Crippen LogP) is 3.63. The maximum absolute atomic E-state index is 10.4. The second-order valence-corrected chi connectivity index (χ2v) is 7.29. The van der Waals surface area contributed by atoms with E-state index in [9.17, 15) is 9.59 Å². The van der Waals surface area contributed by atoms with E-state index in [2.05, 4.69) is 26.0 Å². The molecule has 0 saturated carbocycles. The number of rotatable bonds is 17. The molecule has 0 aromatic rings. The smallest absolute Gasteiger partial charge is 1.00 e. The van der Waals surface area contributed by atoms with Crippen molar-refractivity contribution in [3.05, 3.63) is 23.3 Å². The molecule has 0 rings (SSSR count). The van der Waals surface area contributed by atoms with Crippen molar-refractivity contribution in [1.29, 1.82) is 0 Å². The first-order valence-electron chi connectivity index (χ1n) is 10.2. The number of hydrogen-bond donors (Lipinski definition) is 2. The van der Waals surface area contributed by atoms with Crippen LogP contribution >= 0.6 is 0 Å². The maximum atomic E-state index is 10.4. The summed E-state index contributed by atoms with van der Waals surface area (Å²) >= 11 is 0. The molecule has 0 amide bonds. The van der Waals surface area contributed by atoms with Gasteiger partial charge in [0, 0.05) is 12.8 Å². The van der Waals surface area contributed by atoms with E-state index in [0.717, 1.165) is 77.0 Å². The quantitative estimate of drug-likeness (QED) is 0.220. The van der Waals surface area contributed by atoms with Gasteiger partial charge in [0.1, 0.15) is 0 Å². The molecule has 0 radical (unpaired) electrons. The molecule has 27 heavy (non-hydrogen) atoms. The SMILES string of the molecule is CC(=CCCCCCCC(=O)O)CCC(C)=CCCCCCCC(=O)O.[H-].[K+]. The fourth-order valence-corrected chi connectivity index (χ4v) is 2.84. The van der Waals surface area contributed by atoms with Gasteiger partial charge in [-0.2, -0.15) is 0 Å². The molecule has 4 nitrogen and oxygen atoms in total. The standard InChI is InChI=1S/C22H38O4.K.H/c1-19(13-9-5-3-7-11-15-21(23)24)17-18-20(2)14-10-6-4-8-12-16-22(25)26;;/h13-14H,3-12,15-18H2,1-2H3,(H,23,24)(H,25,26);;/q;+1;-1. The van der Waals surface area contributed by atoms with Gasteiger partial charge in [-0.15, -0.1) is 0 Å². The van der Waals surface area contributed by atoms with E-state index in [4.69, 9.17) is 10.2 Å². The van der Waals surface area contributed by atoms with Crippen LogP contribution in [0.3, 0.4) is 0 Å². The van der Waals surface area contributed by atoms with Gasteiger partial charge in [0.2, 0.25) is 0 Å². The summed E-state index contributed by atoms with van der Waals surface area (Å²) in [7, 11) is 0. The topological polar surface area (TPSA) is 74.6 Å². The first-order chi connectivity index (χ1) is 12.4. The van der Waals surface area contributed by atoms with E-state index in [-0.39, 0.29) is 52.8 Å². The molecule has 0 aliphatic carbocycles. The van der Waals surface area contributed by atoms with Gasteiger partial charge in [0.05, 0.1) is 0 Å². The van der Waals surface area contributed by atoms with Crippen molar-refractivity contribution in [2.24, 2.45) is 0 Å². The van der Waals surface area contributed by atoms with Gasteiger partial charge in [-0.3, -0.25) is 9.59 Å². The monoisotopic (exact) mass is 406 g/mol. The molecular weight excluding hydrogens is 367 g/mol. The Labute approximate surface area is 209 Å². The van der Waals surface area contributed by atoms with Gasteiger partial charge in [-0.1, -0.05) is 49.0 Å². The summed E-state index contributed by atoms with van der Waals surface area (Å²) in [5, 5.41) is 17.2. The summed E-state index contributed by atoms with van der Waals surface area (Å²) in [6.07, 6.45) is 17.8. The van der Waals surface area contributed by atoms with Crippen molar-refractivity contribution in [3.8, 4) is 0 Å². The summed E-state index contributed by atoms with van der Waals surface area (Å²) in [6, 6.07) is 0. The van der Waals surface area contributed by atoms with Crippen LogP contribution in [0.1, 0.15) is 105 Å². The third-order valence-electron chi connectivity index (χ3n) is 4.59. The molecule has 0 heterocycles. The van der Waals surface area contributed by atoms with E-state index in [1.54, 1.807) is 0 Å². The van der Waals surface area contributed by atoms with Crippen molar-refractivity contribution in [2.45, 2.75) is 104 Å². The van der Waals surface area contributed by atoms with Gasteiger partial charge in [0.15, 0.2) is 0 Å². The second kappa shape index (κ2) is 20.8. The fourth-order valence-electron chi connectivity index (χ4n) is 2.84. The Morgan fingerprint density at radius 3 is 1.30 bits per heavy atom. The van der Waals surface area contributed by atoms with Crippen LogP contribution in [-0.2, 0) is 9.59 Å². The molecule has 0 spiro atoms.